The monoisotopic (exact) mass is 269 g/mol. The number of thioether (sulfide) groups is 1. The average Bonchev–Trinajstić information content (AvgIpc) is 2.40. The molecule has 0 bridgehead atoms. The number of hydrogen-bond acceptors (Lipinski definition) is 5. The summed E-state index contributed by atoms with van der Waals surface area (Å²) in [5, 5.41) is 0.0975. The van der Waals surface area contributed by atoms with Crippen LogP contribution in [0.4, 0.5) is 0 Å². The molecule has 5 heteroatoms. The number of rotatable bonds is 7. The Bertz CT molecular complexity index is 367. The van der Waals surface area contributed by atoms with E-state index in [1.807, 2.05) is 24.3 Å². The number of carbonyl (C=O) groups excluding carboxylic acids is 1. The van der Waals surface area contributed by atoms with Crippen molar-refractivity contribution < 1.29 is 14.3 Å². The van der Waals surface area contributed by atoms with Crippen LogP contribution in [0.3, 0.4) is 0 Å². The van der Waals surface area contributed by atoms with Gasteiger partial charge in [0, 0.05) is 11.8 Å². The summed E-state index contributed by atoms with van der Waals surface area (Å²) < 4.78 is 9.99. The van der Waals surface area contributed by atoms with Crippen molar-refractivity contribution in [2.45, 2.75) is 12.2 Å². The predicted octanol–water partition coefficient (Wildman–Crippen LogP) is 1.99. The number of methoxy groups -OCH3 is 1. The molecular weight excluding hydrogens is 250 g/mol. The van der Waals surface area contributed by atoms with Gasteiger partial charge in [-0.3, -0.25) is 4.79 Å². The highest BCUT2D eigenvalue weighted by atomic mass is 32.2. The normalized spacial score (nSPS) is 11.9. The van der Waals surface area contributed by atoms with Gasteiger partial charge in [-0.05, 0) is 24.6 Å². The number of esters is 1. The second-order valence-corrected chi connectivity index (χ2v) is 4.80. The Labute approximate surface area is 112 Å². The van der Waals surface area contributed by atoms with Crippen LogP contribution in [0.2, 0.25) is 0 Å². The molecule has 0 fully saturated rings. The van der Waals surface area contributed by atoms with E-state index in [-0.39, 0.29) is 11.2 Å². The fraction of sp³-hybridized carbons (Fsp3) is 0.462. The zero-order valence-electron chi connectivity index (χ0n) is 10.7. The number of benzene rings is 1. The van der Waals surface area contributed by atoms with Gasteiger partial charge in [0.05, 0.1) is 19.5 Å². The first-order chi connectivity index (χ1) is 8.71. The van der Waals surface area contributed by atoms with E-state index >= 15 is 0 Å². The fourth-order valence-corrected chi connectivity index (χ4v) is 2.40. The summed E-state index contributed by atoms with van der Waals surface area (Å²) in [6.07, 6.45) is 0. The summed E-state index contributed by atoms with van der Waals surface area (Å²) in [6.45, 7) is 2.69. The van der Waals surface area contributed by atoms with Crippen LogP contribution in [0.15, 0.2) is 24.3 Å². The third-order valence-electron chi connectivity index (χ3n) is 2.41. The minimum Gasteiger partial charge on any atom is -0.497 e. The Kier molecular flexibility index (Phi) is 6.60. The molecule has 0 radical (unpaired) electrons. The van der Waals surface area contributed by atoms with Crippen LogP contribution in [-0.4, -0.2) is 32.0 Å². The smallest absolute Gasteiger partial charge is 0.315 e. The molecule has 1 atom stereocenters. The molecule has 2 N–H and O–H groups in total. The molecule has 0 amide bonds. The van der Waals surface area contributed by atoms with E-state index in [0.717, 1.165) is 11.3 Å². The molecule has 0 aliphatic heterocycles. The largest absolute Gasteiger partial charge is 0.497 e. The maximum absolute atomic E-state index is 11.3. The Morgan fingerprint density at radius 2 is 2.06 bits per heavy atom. The maximum Gasteiger partial charge on any atom is 0.315 e. The Morgan fingerprint density at radius 3 is 2.56 bits per heavy atom. The highest BCUT2D eigenvalue weighted by Crippen LogP contribution is 2.28. The average molecular weight is 269 g/mol. The highest BCUT2D eigenvalue weighted by molar-refractivity contribution is 8.00. The molecule has 1 aromatic rings. The molecule has 0 aliphatic rings. The van der Waals surface area contributed by atoms with Gasteiger partial charge in [0.15, 0.2) is 0 Å². The third kappa shape index (κ3) is 4.58. The zero-order chi connectivity index (χ0) is 13.4. The Hall–Kier alpha value is -1.20. The molecule has 0 aromatic heterocycles. The lowest BCUT2D eigenvalue weighted by Crippen LogP contribution is -2.13. The number of hydrogen-bond donors (Lipinski definition) is 1. The quantitative estimate of drug-likeness (QED) is 0.767. The van der Waals surface area contributed by atoms with Crippen LogP contribution in [0.1, 0.15) is 17.7 Å². The first-order valence-electron chi connectivity index (χ1n) is 5.82. The molecule has 1 rings (SSSR count). The summed E-state index contributed by atoms with van der Waals surface area (Å²) in [7, 11) is 1.63. The van der Waals surface area contributed by atoms with E-state index in [9.17, 15) is 4.79 Å². The molecule has 0 heterocycles. The SMILES string of the molecule is CCOC(=O)CSC(CN)c1ccc(OC)cc1. The van der Waals surface area contributed by atoms with Crippen molar-refractivity contribution in [3.05, 3.63) is 29.8 Å². The van der Waals surface area contributed by atoms with Gasteiger partial charge in [0.1, 0.15) is 5.75 Å². The van der Waals surface area contributed by atoms with Crippen LogP contribution in [0.5, 0.6) is 5.75 Å². The van der Waals surface area contributed by atoms with Crippen molar-refractivity contribution in [1.82, 2.24) is 0 Å². The van der Waals surface area contributed by atoms with Gasteiger partial charge in [-0.1, -0.05) is 12.1 Å². The van der Waals surface area contributed by atoms with Gasteiger partial charge in [0.25, 0.3) is 0 Å². The van der Waals surface area contributed by atoms with Gasteiger partial charge >= 0.3 is 5.97 Å². The lowest BCUT2D eigenvalue weighted by Gasteiger charge is -2.14. The Balaban J connectivity index is 2.56. The molecule has 1 unspecified atom stereocenters. The van der Waals surface area contributed by atoms with Crippen molar-refractivity contribution >= 4 is 17.7 Å². The van der Waals surface area contributed by atoms with Gasteiger partial charge < -0.3 is 15.2 Å². The van der Waals surface area contributed by atoms with E-state index in [1.165, 1.54) is 11.8 Å². The molecule has 100 valence electrons. The number of nitrogens with two attached hydrogens (primary N) is 1. The standard InChI is InChI=1S/C13H19NO3S/c1-3-17-13(15)9-18-12(8-14)10-4-6-11(16-2)7-5-10/h4-7,12H,3,8-9,14H2,1-2H3. The van der Waals surface area contributed by atoms with Crippen LogP contribution in [0, 0.1) is 0 Å². The van der Waals surface area contributed by atoms with Gasteiger partial charge in [-0.2, -0.15) is 0 Å². The van der Waals surface area contributed by atoms with E-state index < -0.39 is 0 Å². The third-order valence-corrected chi connectivity index (χ3v) is 3.68. The summed E-state index contributed by atoms with van der Waals surface area (Å²) in [5.74, 6) is 0.932. The molecule has 18 heavy (non-hydrogen) atoms. The summed E-state index contributed by atoms with van der Waals surface area (Å²) in [4.78, 5) is 11.3. The first-order valence-corrected chi connectivity index (χ1v) is 6.87. The van der Waals surface area contributed by atoms with Crippen LogP contribution in [-0.2, 0) is 9.53 Å². The second kappa shape index (κ2) is 8.00. The van der Waals surface area contributed by atoms with E-state index in [1.54, 1.807) is 14.0 Å². The van der Waals surface area contributed by atoms with Crippen LogP contribution < -0.4 is 10.5 Å². The minimum absolute atomic E-state index is 0.0975. The lowest BCUT2D eigenvalue weighted by atomic mass is 10.1. The lowest BCUT2D eigenvalue weighted by molar-refractivity contribution is -0.139. The van der Waals surface area contributed by atoms with E-state index in [0.29, 0.717) is 18.9 Å². The topological polar surface area (TPSA) is 61.5 Å². The fourth-order valence-electron chi connectivity index (χ4n) is 1.49. The van der Waals surface area contributed by atoms with Gasteiger partial charge in [-0.15, -0.1) is 11.8 Å². The van der Waals surface area contributed by atoms with Crippen molar-refractivity contribution in [1.29, 1.82) is 0 Å². The van der Waals surface area contributed by atoms with Crippen molar-refractivity contribution in [3.63, 3.8) is 0 Å². The highest BCUT2D eigenvalue weighted by Gasteiger charge is 2.13. The molecular formula is C13H19NO3S. The van der Waals surface area contributed by atoms with Gasteiger partial charge in [0.2, 0.25) is 0 Å². The second-order valence-electron chi connectivity index (χ2n) is 3.61. The summed E-state index contributed by atoms with van der Waals surface area (Å²) in [5.41, 5.74) is 6.82. The van der Waals surface area contributed by atoms with Crippen molar-refractivity contribution in [3.8, 4) is 5.75 Å². The van der Waals surface area contributed by atoms with Crippen LogP contribution in [0.25, 0.3) is 0 Å². The van der Waals surface area contributed by atoms with Crippen molar-refractivity contribution in [2.75, 3.05) is 26.0 Å². The molecule has 0 spiro atoms. The molecule has 0 saturated heterocycles. The number of ether oxygens (including phenoxy) is 2. The predicted molar refractivity (Wildman–Crippen MR) is 73.9 cm³/mol. The Morgan fingerprint density at radius 1 is 1.39 bits per heavy atom. The maximum atomic E-state index is 11.3. The van der Waals surface area contributed by atoms with E-state index in [4.69, 9.17) is 15.2 Å². The molecule has 0 saturated carbocycles. The van der Waals surface area contributed by atoms with Gasteiger partial charge in [-0.25, -0.2) is 0 Å². The van der Waals surface area contributed by atoms with Crippen LogP contribution >= 0.6 is 11.8 Å². The van der Waals surface area contributed by atoms with Crippen molar-refractivity contribution in [2.24, 2.45) is 5.73 Å². The molecule has 0 aliphatic carbocycles. The zero-order valence-corrected chi connectivity index (χ0v) is 11.5. The summed E-state index contributed by atoms with van der Waals surface area (Å²) >= 11 is 1.50. The van der Waals surface area contributed by atoms with E-state index in [2.05, 4.69) is 0 Å². The first kappa shape index (κ1) is 14.9. The summed E-state index contributed by atoms with van der Waals surface area (Å²) in [6, 6.07) is 7.72. The molecule has 4 nitrogen and oxygen atoms in total. The number of carbonyl (C=O) groups is 1. The minimum atomic E-state index is -0.200. The molecule has 1 aromatic carbocycles.